The van der Waals surface area contributed by atoms with Crippen LogP contribution in [-0.2, 0) is 4.74 Å². The van der Waals surface area contributed by atoms with Gasteiger partial charge in [-0.25, -0.2) is 4.79 Å². The van der Waals surface area contributed by atoms with E-state index in [1.165, 1.54) is 12.0 Å². The number of carbonyl (C=O) groups is 2. The van der Waals surface area contributed by atoms with E-state index in [0.29, 0.717) is 11.1 Å². The number of ether oxygens (including phenoxy) is 1. The number of β-amino-alcohol motifs (C(OH)–C–C–N with tert-alkyl or cyclic N) is 1. The fourth-order valence-electron chi connectivity index (χ4n) is 1.81. The summed E-state index contributed by atoms with van der Waals surface area (Å²) in [6, 6.07) is 6.61. The van der Waals surface area contributed by atoms with Gasteiger partial charge in [-0.15, -0.1) is 0 Å². The second kappa shape index (κ2) is 6.52. The van der Waals surface area contributed by atoms with Gasteiger partial charge in [0.1, 0.15) is 6.29 Å². The Balaban J connectivity index is 2.87. The second-order valence-corrected chi connectivity index (χ2v) is 5.55. The van der Waals surface area contributed by atoms with Crippen LogP contribution in [0.25, 0.3) is 0 Å². The van der Waals surface area contributed by atoms with Crippen molar-refractivity contribution in [2.75, 3.05) is 13.7 Å². The van der Waals surface area contributed by atoms with Crippen LogP contribution in [0.15, 0.2) is 24.3 Å². The number of methoxy groups -OCH3 is 1. The molecule has 0 heterocycles. The van der Waals surface area contributed by atoms with Crippen LogP contribution in [-0.4, -0.2) is 41.6 Å². The molecule has 0 saturated carbocycles. The first kappa shape index (κ1) is 16.2. The summed E-state index contributed by atoms with van der Waals surface area (Å²) < 4.78 is 4.74. The zero-order chi connectivity index (χ0) is 15.3. The Morgan fingerprint density at radius 3 is 2.30 bits per heavy atom. The number of rotatable bonds is 4. The van der Waals surface area contributed by atoms with Crippen molar-refractivity contribution in [2.24, 2.45) is 0 Å². The SMILES string of the molecule is COC(=O)N(CC(O)c1ccc(C=O)cc1)C(C)(C)C. The third-order valence-corrected chi connectivity index (χ3v) is 3.02. The summed E-state index contributed by atoms with van der Waals surface area (Å²) in [5.41, 5.74) is 0.729. The van der Waals surface area contributed by atoms with Crippen LogP contribution < -0.4 is 0 Å². The van der Waals surface area contributed by atoms with E-state index >= 15 is 0 Å². The van der Waals surface area contributed by atoms with Gasteiger partial charge >= 0.3 is 6.09 Å². The molecule has 0 spiro atoms. The van der Waals surface area contributed by atoms with Gasteiger partial charge in [-0.05, 0) is 26.3 Å². The van der Waals surface area contributed by atoms with Crippen molar-refractivity contribution < 1.29 is 19.4 Å². The molecule has 0 radical (unpaired) electrons. The van der Waals surface area contributed by atoms with Crippen molar-refractivity contribution in [3.8, 4) is 0 Å². The van der Waals surface area contributed by atoms with Crippen LogP contribution in [0.1, 0.15) is 42.8 Å². The van der Waals surface area contributed by atoms with Crippen molar-refractivity contribution in [2.45, 2.75) is 32.4 Å². The monoisotopic (exact) mass is 279 g/mol. The molecular weight excluding hydrogens is 258 g/mol. The van der Waals surface area contributed by atoms with Crippen LogP contribution in [0.3, 0.4) is 0 Å². The van der Waals surface area contributed by atoms with E-state index in [9.17, 15) is 14.7 Å². The molecule has 5 heteroatoms. The van der Waals surface area contributed by atoms with Gasteiger partial charge in [-0.2, -0.15) is 0 Å². The number of benzene rings is 1. The molecule has 0 aliphatic carbocycles. The number of hydrogen-bond acceptors (Lipinski definition) is 4. The first-order valence-corrected chi connectivity index (χ1v) is 6.38. The van der Waals surface area contributed by atoms with Gasteiger partial charge in [0.25, 0.3) is 0 Å². The molecular formula is C15H21NO4. The third-order valence-electron chi connectivity index (χ3n) is 3.02. The number of aldehydes is 1. The predicted molar refractivity (Wildman–Crippen MR) is 75.7 cm³/mol. The zero-order valence-electron chi connectivity index (χ0n) is 12.3. The van der Waals surface area contributed by atoms with Gasteiger partial charge in [0, 0.05) is 11.1 Å². The molecule has 20 heavy (non-hydrogen) atoms. The smallest absolute Gasteiger partial charge is 0.410 e. The minimum atomic E-state index is -0.839. The number of nitrogens with zero attached hydrogens (tertiary/aromatic N) is 1. The van der Waals surface area contributed by atoms with E-state index in [0.717, 1.165) is 6.29 Å². The first-order chi connectivity index (χ1) is 9.29. The van der Waals surface area contributed by atoms with E-state index in [2.05, 4.69) is 0 Å². The number of aliphatic hydroxyl groups is 1. The lowest BCUT2D eigenvalue weighted by atomic mass is 10.0. The highest BCUT2D eigenvalue weighted by Crippen LogP contribution is 2.21. The Morgan fingerprint density at radius 1 is 1.35 bits per heavy atom. The van der Waals surface area contributed by atoms with Crippen LogP contribution in [0, 0.1) is 0 Å². The standard InChI is InChI=1S/C15H21NO4/c1-15(2,3)16(14(19)20-4)9-13(18)12-7-5-11(10-17)6-8-12/h5-8,10,13,18H,9H2,1-4H3. The summed E-state index contributed by atoms with van der Waals surface area (Å²) in [5, 5.41) is 10.2. The molecule has 1 aromatic carbocycles. The Morgan fingerprint density at radius 2 is 1.90 bits per heavy atom. The molecule has 0 aromatic heterocycles. The molecule has 1 unspecified atom stereocenters. The highest BCUT2D eigenvalue weighted by molar-refractivity contribution is 5.74. The van der Waals surface area contributed by atoms with Gasteiger partial charge in [0.05, 0.1) is 19.8 Å². The zero-order valence-corrected chi connectivity index (χ0v) is 12.3. The normalized spacial score (nSPS) is 12.7. The Labute approximate surface area is 119 Å². The van der Waals surface area contributed by atoms with Gasteiger partial charge < -0.3 is 14.7 Å². The van der Waals surface area contributed by atoms with Crippen LogP contribution in [0.5, 0.6) is 0 Å². The summed E-state index contributed by atoms with van der Waals surface area (Å²) in [5.74, 6) is 0. The van der Waals surface area contributed by atoms with Gasteiger partial charge in [-0.1, -0.05) is 24.3 Å². The van der Waals surface area contributed by atoms with E-state index in [4.69, 9.17) is 4.74 Å². The summed E-state index contributed by atoms with van der Waals surface area (Å²) in [4.78, 5) is 23.8. The average molecular weight is 279 g/mol. The largest absolute Gasteiger partial charge is 0.453 e. The number of hydrogen-bond donors (Lipinski definition) is 1. The van der Waals surface area contributed by atoms with Crippen LogP contribution in [0.4, 0.5) is 4.79 Å². The molecule has 0 aliphatic rings. The molecule has 5 nitrogen and oxygen atoms in total. The van der Waals surface area contributed by atoms with E-state index in [-0.39, 0.29) is 6.54 Å². The molecule has 1 amide bonds. The summed E-state index contributed by atoms with van der Waals surface area (Å²) in [6.07, 6.45) is -0.582. The number of aliphatic hydroxyl groups excluding tert-OH is 1. The van der Waals surface area contributed by atoms with Crippen molar-refractivity contribution in [3.05, 3.63) is 35.4 Å². The van der Waals surface area contributed by atoms with E-state index < -0.39 is 17.7 Å². The Hall–Kier alpha value is -1.88. The van der Waals surface area contributed by atoms with Gasteiger partial charge in [0.2, 0.25) is 0 Å². The lowest BCUT2D eigenvalue weighted by Gasteiger charge is -2.35. The molecule has 0 aliphatic heterocycles. The van der Waals surface area contributed by atoms with Crippen LogP contribution >= 0.6 is 0 Å². The maximum atomic E-state index is 11.8. The molecule has 1 rings (SSSR count). The highest BCUT2D eigenvalue weighted by Gasteiger charge is 2.29. The lowest BCUT2D eigenvalue weighted by Crippen LogP contribution is -2.47. The molecule has 0 bridgehead atoms. The third kappa shape index (κ3) is 4.06. The van der Waals surface area contributed by atoms with Crippen LogP contribution in [0.2, 0.25) is 0 Å². The fourth-order valence-corrected chi connectivity index (χ4v) is 1.81. The van der Waals surface area contributed by atoms with Crippen molar-refractivity contribution in [1.82, 2.24) is 4.90 Å². The van der Waals surface area contributed by atoms with Crippen molar-refractivity contribution in [1.29, 1.82) is 0 Å². The minimum Gasteiger partial charge on any atom is -0.453 e. The lowest BCUT2D eigenvalue weighted by molar-refractivity contribution is 0.0461. The number of amides is 1. The maximum absolute atomic E-state index is 11.8. The topological polar surface area (TPSA) is 66.8 Å². The molecule has 1 aromatic rings. The molecule has 110 valence electrons. The fraction of sp³-hybridized carbons (Fsp3) is 0.467. The highest BCUT2D eigenvalue weighted by atomic mass is 16.5. The minimum absolute atomic E-state index is 0.122. The average Bonchev–Trinajstić information content (AvgIpc) is 2.42. The Kier molecular flexibility index (Phi) is 5.27. The first-order valence-electron chi connectivity index (χ1n) is 6.38. The maximum Gasteiger partial charge on any atom is 0.410 e. The van der Waals surface area contributed by atoms with Crippen molar-refractivity contribution >= 4 is 12.4 Å². The van der Waals surface area contributed by atoms with Crippen molar-refractivity contribution in [3.63, 3.8) is 0 Å². The second-order valence-electron chi connectivity index (χ2n) is 5.55. The van der Waals surface area contributed by atoms with Gasteiger partial charge in [0.15, 0.2) is 0 Å². The van der Waals surface area contributed by atoms with E-state index in [1.54, 1.807) is 24.3 Å². The van der Waals surface area contributed by atoms with E-state index in [1.807, 2.05) is 20.8 Å². The molecule has 0 fully saturated rings. The molecule has 1 N–H and O–H groups in total. The summed E-state index contributed by atoms with van der Waals surface area (Å²) >= 11 is 0. The predicted octanol–water partition coefficient (Wildman–Crippen LogP) is 2.40. The number of carbonyl (C=O) groups excluding carboxylic acids is 2. The summed E-state index contributed by atoms with van der Waals surface area (Å²) in [6.45, 7) is 5.72. The Bertz CT molecular complexity index is 462. The molecule has 1 atom stereocenters. The molecule has 0 saturated heterocycles. The van der Waals surface area contributed by atoms with Gasteiger partial charge in [-0.3, -0.25) is 4.79 Å². The summed E-state index contributed by atoms with van der Waals surface area (Å²) in [7, 11) is 1.31. The quantitative estimate of drug-likeness (QED) is 0.859.